The molecule has 180 valence electrons. The maximum atomic E-state index is 11.4. The Hall–Kier alpha value is -2.44. The molecular weight excluding hydrogens is 412 g/mol. The third-order valence-electron chi connectivity index (χ3n) is 7.29. The highest BCUT2D eigenvalue weighted by molar-refractivity contribution is 5.77. The predicted molar refractivity (Wildman–Crippen MR) is 121 cm³/mol. The molecule has 0 heterocycles. The van der Waals surface area contributed by atoms with Gasteiger partial charge in [-0.1, -0.05) is 32.6 Å². The molecule has 1 unspecified atom stereocenters. The highest BCUT2D eigenvalue weighted by Gasteiger charge is 2.49. The molecule has 2 rings (SSSR count). The second kappa shape index (κ2) is 10.9. The van der Waals surface area contributed by atoms with Crippen molar-refractivity contribution < 1.29 is 35.1 Å². The number of carboxylic acids is 2. The van der Waals surface area contributed by atoms with Crippen LogP contribution in [0.1, 0.15) is 95.6 Å². The van der Waals surface area contributed by atoms with Crippen LogP contribution in [0.5, 0.6) is 17.2 Å². The first-order chi connectivity index (χ1) is 15.1. The van der Waals surface area contributed by atoms with Crippen molar-refractivity contribution in [3.05, 3.63) is 17.2 Å². The van der Waals surface area contributed by atoms with Crippen molar-refractivity contribution in [1.29, 1.82) is 0 Å². The molecule has 0 radical (unpaired) electrons. The Morgan fingerprint density at radius 2 is 1.56 bits per heavy atom. The smallest absolute Gasteiger partial charge is 0.309 e. The number of phenols is 3. The molecular formula is C25H38O7. The fourth-order valence-corrected chi connectivity index (χ4v) is 4.30. The average Bonchev–Trinajstić information content (AvgIpc) is 3.54. The van der Waals surface area contributed by atoms with E-state index in [0.29, 0.717) is 68.9 Å². The molecule has 32 heavy (non-hydrogen) atoms. The normalized spacial score (nSPS) is 16.4. The van der Waals surface area contributed by atoms with Crippen LogP contribution < -0.4 is 0 Å². The van der Waals surface area contributed by atoms with E-state index >= 15 is 0 Å². The number of benzene rings is 1. The van der Waals surface area contributed by atoms with E-state index in [1.807, 2.05) is 6.92 Å². The molecule has 0 saturated heterocycles. The van der Waals surface area contributed by atoms with E-state index in [0.717, 1.165) is 25.7 Å². The fourth-order valence-electron chi connectivity index (χ4n) is 4.30. The largest absolute Gasteiger partial charge is 0.507 e. The molecule has 1 saturated carbocycles. The molecule has 0 bridgehead atoms. The van der Waals surface area contributed by atoms with Gasteiger partial charge in [0.05, 0.1) is 10.8 Å². The number of aliphatic carboxylic acids is 2. The zero-order chi connectivity index (χ0) is 23.9. The van der Waals surface area contributed by atoms with Crippen molar-refractivity contribution in [3.63, 3.8) is 0 Å². The van der Waals surface area contributed by atoms with Gasteiger partial charge in [-0.05, 0) is 76.3 Å². The van der Waals surface area contributed by atoms with Gasteiger partial charge in [-0.3, -0.25) is 9.59 Å². The molecule has 7 heteroatoms. The minimum Gasteiger partial charge on any atom is -0.507 e. The van der Waals surface area contributed by atoms with E-state index in [4.69, 9.17) is 0 Å². The van der Waals surface area contributed by atoms with Crippen LogP contribution in [-0.2, 0) is 22.4 Å². The minimum atomic E-state index is -0.757. The molecule has 1 atom stereocenters. The number of phenolic OH excluding ortho intramolecular Hbond substituents is 3. The van der Waals surface area contributed by atoms with E-state index in [1.54, 1.807) is 6.92 Å². The van der Waals surface area contributed by atoms with E-state index in [-0.39, 0.29) is 17.2 Å². The number of hydrogen-bond acceptors (Lipinski definition) is 5. The van der Waals surface area contributed by atoms with Crippen molar-refractivity contribution in [1.82, 2.24) is 0 Å². The minimum absolute atomic E-state index is 0.00380. The van der Waals surface area contributed by atoms with Gasteiger partial charge < -0.3 is 25.5 Å². The van der Waals surface area contributed by atoms with E-state index in [2.05, 4.69) is 0 Å². The highest BCUT2D eigenvalue weighted by atomic mass is 16.4. The molecule has 0 aliphatic heterocycles. The number of unbranched alkanes of at least 4 members (excludes halogenated alkanes) is 4. The lowest BCUT2D eigenvalue weighted by Gasteiger charge is -2.22. The Kier molecular flexibility index (Phi) is 8.81. The SMILES string of the molecule is CCC(C)(CCCCCCc1cc(O)c(O)c(CCCCC2(C(=O)O)CC2)c1O)C(=O)O. The summed E-state index contributed by atoms with van der Waals surface area (Å²) in [6.07, 6.45) is 8.88. The summed E-state index contributed by atoms with van der Waals surface area (Å²) in [6, 6.07) is 1.40. The molecule has 5 N–H and O–H groups in total. The predicted octanol–water partition coefficient (Wildman–Crippen LogP) is 5.37. The standard InChI is InChI=1S/C25H38O7/c1-3-24(2,22(29)30)12-8-5-4-6-10-17-16-19(26)21(28)18(20(17)27)11-7-9-13-25(14-15-25)23(31)32/h16,26-28H,3-15H2,1-2H3,(H,29,30)(H,31,32). The summed E-state index contributed by atoms with van der Waals surface area (Å²) in [5, 5.41) is 49.5. The van der Waals surface area contributed by atoms with Crippen LogP contribution in [0, 0.1) is 10.8 Å². The lowest BCUT2D eigenvalue weighted by molar-refractivity contribution is -0.148. The highest BCUT2D eigenvalue weighted by Crippen LogP contribution is 2.50. The number of carbonyl (C=O) groups is 2. The Morgan fingerprint density at radius 1 is 0.938 bits per heavy atom. The summed E-state index contributed by atoms with van der Waals surface area (Å²) in [5.74, 6) is -2.06. The van der Waals surface area contributed by atoms with Gasteiger partial charge in [0.15, 0.2) is 11.5 Å². The van der Waals surface area contributed by atoms with Gasteiger partial charge in [-0.15, -0.1) is 0 Å². The first kappa shape index (κ1) is 25.8. The molecule has 0 amide bonds. The number of hydrogen-bond donors (Lipinski definition) is 5. The third kappa shape index (κ3) is 6.30. The summed E-state index contributed by atoms with van der Waals surface area (Å²) >= 11 is 0. The zero-order valence-electron chi connectivity index (χ0n) is 19.3. The zero-order valence-corrected chi connectivity index (χ0v) is 19.3. The molecule has 1 fully saturated rings. The summed E-state index contributed by atoms with van der Waals surface area (Å²) < 4.78 is 0. The van der Waals surface area contributed by atoms with E-state index in [1.165, 1.54) is 6.07 Å². The Labute approximate surface area is 190 Å². The lowest BCUT2D eigenvalue weighted by Crippen LogP contribution is -2.26. The second-order valence-corrected chi connectivity index (χ2v) is 9.66. The average molecular weight is 451 g/mol. The van der Waals surface area contributed by atoms with Crippen LogP contribution in [0.25, 0.3) is 0 Å². The molecule has 1 aliphatic rings. The third-order valence-corrected chi connectivity index (χ3v) is 7.29. The van der Waals surface area contributed by atoms with Gasteiger partial charge in [0.2, 0.25) is 0 Å². The van der Waals surface area contributed by atoms with Crippen molar-refractivity contribution in [2.75, 3.05) is 0 Å². The van der Waals surface area contributed by atoms with Crippen molar-refractivity contribution >= 4 is 11.9 Å². The molecule has 7 nitrogen and oxygen atoms in total. The fraction of sp³-hybridized carbons (Fsp3) is 0.680. The van der Waals surface area contributed by atoms with Gasteiger partial charge in [-0.2, -0.15) is 0 Å². The van der Waals surface area contributed by atoms with E-state index in [9.17, 15) is 35.1 Å². The molecule has 0 aromatic heterocycles. The van der Waals surface area contributed by atoms with Crippen LogP contribution >= 0.6 is 0 Å². The number of aromatic hydroxyl groups is 3. The van der Waals surface area contributed by atoms with E-state index < -0.39 is 22.8 Å². The first-order valence-electron chi connectivity index (χ1n) is 11.8. The van der Waals surface area contributed by atoms with Crippen LogP contribution in [0.15, 0.2) is 6.07 Å². The van der Waals surface area contributed by atoms with Crippen LogP contribution in [-0.4, -0.2) is 37.5 Å². The summed E-state index contributed by atoms with van der Waals surface area (Å²) in [7, 11) is 0. The maximum absolute atomic E-state index is 11.4. The van der Waals surface area contributed by atoms with Gasteiger partial charge in [0, 0.05) is 5.56 Å². The monoisotopic (exact) mass is 450 g/mol. The molecule has 1 aromatic carbocycles. The van der Waals surface area contributed by atoms with Crippen LogP contribution in [0.2, 0.25) is 0 Å². The topological polar surface area (TPSA) is 135 Å². The second-order valence-electron chi connectivity index (χ2n) is 9.66. The van der Waals surface area contributed by atoms with Crippen LogP contribution in [0.4, 0.5) is 0 Å². The van der Waals surface area contributed by atoms with Crippen molar-refractivity contribution in [2.45, 2.75) is 97.3 Å². The molecule has 1 aliphatic carbocycles. The van der Waals surface area contributed by atoms with Crippen molar-refractivity contribution in [2.24, 2.45) is 10.8 Å². The number of rotatable bonds is 15. The maximum Gasteiger partial charge on any atom is 0.309 e. The van der Waals surface area contributed by atoms with Gasteiger partial charge in [0.1, 0.15) is 5.75 Å². The number of carboxylic acid groups (broad SMARTS) is 2. The summed E-state index contributed by atoms with van der Waals surface area (Å²) in [5.41, 5.74) is -0.351. The van der Waals surface area contributed by atoms with Gasteiger partial charge >= 0.3 is 11.9 Å². The van der Waals surface area contributed by atoms with Crippen LogP contribution in [0.3, 0.4) is 0 Å². The molecule has 0 spiro atoms. The summed E-state index contributed by atoms with van der Waals surface area (Å²) in [4.78, 5) is 22.6. The lowest BCUT2D eigenvalue weighted by atomic mass is 9.82. The molecule has 1 aromatic rings. The van der Waals surface area contributed by atoms with Gasteiger partial charge in [0.25, 0.3) is 0 Å². The summed E-state index contributed by atoms with van der Waals surface area (Å²) in [6.45, 7) is 3.67. The van der Waals surface area contributed by atoms with Gasteiger partial charge in [-0.25, -0.2) is 0 Å². The Balaban J connectivity index is 1.83. The number of aryl methyl sites for hydroxylation is 1. The quantitative estimate of drug-likeness (QED) is 0.138. The first-order valence-corrected chi connectivity index (χ1v) is 11.8. The Morgan fingerprint density at radius 3 is 2.12 bits per heavy atom. The van der Waals surface area contributed by atoms with Crippen molar-refractivity contribution in [3.8, 4) is 17.2 Å². The Bertz CT molecular complexity index is 813.